The maximum atomic E-state index is 14.2. The topological polar surface area (TPSA) is 86.8 Å². The summed E-state index contributed by atoms with van der Waals surface area (Å²) in [5.41, 5.74) is 3.53. The van der Waals surface area contributed by atoms with Crippen LogP contribution in [-0.2, 0) is 0 Å². The summed E-state index contributed by atoms with van der Waals surface area (Å²) in [6.45, 7) is 4.44. The van der Waals surface area contributed by atoms with Gasteiger partial charge in [-0.25, -0.2) is 4.39 Å². The number of hydrogen-bond acceptors (Lipinski definition) is 7. The van der Waals surface area contributed by atoms with Gasteiger partial charge in [-0.3, -0.25) is 4.98 Å². The van der Waals surface area contributed by atoms with Crippen molar-refractivity contribution in [3.05, 3.63) is 65.6 Å². The molecule has 31 heavy (non-hydrogen) atoms. The average molecular weight is 414 g/mol. The van der Waals surface area contributed by atoms with Gasteiger partial charge in [0, 0.05) is 37.8 Å². The van der Waals surface area contributed by atoms with Crippen LogP contribution in [0.4, 0.5) is 16.0 Å². The molecular formula is C22H19FN8. The van der Waals surface area contributed by atoms with E-state index in [2.05, 4.69) is 36.4 Å². The maximum Gasteiger partial charge on any atom is 0.250 e. The van der Waals surface area contributed by atoms with E-state index in [-0.39, 0.29) is 5.82 Å². The first-order chi connectivity index (χ1) is 15.2. The molecular weight excluding hydrogens is 395 g/mol. The Morgan fingerprint density at radius 2 is 1.77 bits per heavy atom. The predicted octanol–water partition coefficient (Wildman–Crippen LogP) is 2.86. The normalized spacial score (nSPS) is 14.1. The first-order valence-electron chi connectivity index (χ1n) is 9.98. The minimum Gasteiger partial charge on any atom is -0.366 e. The highest BCUT2D eigenvalue weighted by atomic mass is 19.1. The van der Waals surface area contributed by atoms with Crippen molar-refractivity contribution in [3.8, 4) is 11.8 Å². The van der Waals surface area contributed by atoms with E-state index in [1.165, 1.54) is 12.1 Å². The van der Waals surface area contributed by atoms with Crippen molar-refractivity contribution in [2.75, 3.05) is 36.0 Å². The lowest BCUT2D eigenvalue weighted by Gasteiger charge is -2.37. The summed E-state index contributed by atoms with van der Waals surface area (Å²) in [6.07, 6.45) is 1.57. The Labute approximate surface area is 178 Å². The molecule has 0 amide bonds. The highest BCUT2D eigenvalue weighted by Crippen LogP contribution is 2.32. The minimum atomic E-state index is -0.330. The van der Waals surface area contributed by atoms with E-state index >= 15 is 0 Å². The number of halogens is 1. The molecule has 0 unspecified atom stereocenters. The van der Waals surface area contributed by atoms with Crippen molar-refractivity contribution in [2.24, 2.45) is 0 Å². The number of benzene rings is 2. The van der Waals surface area contributed by atoms with Gasteiger partial charge in [0.15, 0.2) is 0 Å². The molecule has 1 aliphatic heterocycles. The third kappa shape index (κ3) is 3.32. The van der Waals surface area contributed by atoms with Crippen molar-refractivity contribution in [2.45, 2.75) is 6.92 Å². The van der Waals surface area contributed by atoms with Crippen LogP contribution in [0.25, 0.3) is 16.6 Å². The number of aryl methyl sites for hydroxylation is 1. The SMILES string of the molecule is Cc1cc(F)cc2c(N3CCN(c4nnnn4-c4ccccc4)CC3)c(C#N)cnc12. The number of fused-ring (bicyclic) bond motifs is 1. The molecule has 0 radical (unpaired) electrons. The lowest BCUT2D eigenvalue weighted by Crippen LogP contribution is -2.47. The van der Waals surface area contributed by atoms with E-state index in [9.17, 15) is 9.65 Å². The van der Waals surface area contributed by atoms with Gasteiger partial charge in [-0.2, -0.15) is 9.94 Å². The summed E-state index contributed by atoms with van der Waals surface area (Å²) in [5.74, 6) is 0.344. The Bertz CT molecular complexity index is 1290. The quantitative estimate of drug-likeness (QED) is 0.509. The number of nitriles is 1. The molecule has 1 saturated heterocycles. The van der Waals surface area contributed by atoms with Gasteiger partial charge in [-0.05, 0) is 47.2 Å². The Balaban J connectivity index is 1.46. The van der Waals surface area contributed by atoms with Gasteiger partial charge >= 0.3 is 0 Å². The van der Waals surface area contributed by atoms with Crippen LogP contribution < -0.4 is 9.80 Å². The molecule has 3 heterocycles. The second kappa shape index (κ2) is 7.65. The number of pyridine rings is 1. The van der Waals surface area contributed by atoms with Crippen LogP contribution in [-0.4, -0.2) is 51.4 Å². The minimum absolute atomic E-state index is 0.330. The van der Waals surface area contributed by atoms with Gasteiger partial charge in [-0.15, -0.1) is 0 Å². The highest BCUT2D eigenvalue weighted by molar-refractivity contribution is 5.96. The second-order valence-corrected chi connectivity index (χ2v) is 7.45. The van der Waals surface area contributed by atoms with Crippen LogP contribution >= 0.6 is 0 Å². The molecule has 2 aromatic heterocycles. The summed E-state index contributed by atoms with van der Waals surface area (Å²) in [7, 11) is 0. The first kappa shape index (κ1) is 18.9. The van der Waals surface area contributed by atoms with Gasteiger partial charge in [0.25, 0.3) is 0 Å². The molecule has 0 saturated carbocycles. The lowest BCUT2D eigenvalue weighted by molar-refractivity contribution is 0.626. The molecule has 1 aliphatic rings. The number of hydrogen-bond donors (Lipinski definition) is 0. The molecule has 0 N–H and O–H groups in total. The van der Waals surface area contributed by atoms with Gasteiger partial charge in [0.2, 0.25) is 5.95 Å². The Kier molecular flexibility index (Phi) is 4.67. The van der Waals surface area contributed by atoms with E-state index < -0.39 is 0 Å². The van der Waals surface area contributed by atoms with Crippen LogP contribution in [0, 0.1) is 24.1 Å². The average Bonchev–Trinajstić information content (AvgIpc) is 3.29. The molecule has 2 aromatic carbocycles. The Morgan fingerprint density at radius 3 is 2.52 bits per heavy atom. The fourth-order valence-electron chi connectivity index (χ4n) is 4.09. The molecule has 0 atom stereocenters. The predicted molar refractivity (Wildman–Crippen MR) is 115 cm³/mol. The molecule has 5 rings (SSSR count). The molecule has 8 nitrogen and oxygen atoms in total. The van der Waals surface area contributed by atoms with Crippen LogP contribution in [0.2, 0.25) is 0 Å². The van der Waals surface area contributed by atoms with E-state index in [0.717, 1.165) is 16.9 Å². The number of para-hydroxylation sites is 1. The molecule has 0 aliphatic carbocycles. The van der Waals surface area contributed by atoms with Crippen molar-refractivity contribution >= 4 is 22.5 Å². The first-order valence-corrected chi connectivity index (χ1v) is 9.98. The lowest BCUT2D eigenvalue weighted by atomic mass is 10.0. The van der Waals surface area contributed by atoms with Gasteiger partial charge < -0.3 is 9.80 Å². The standard InChI is InChI=1S/C22H19FN8/c1-15-11-17(23)12-19-20(15)25-14-16(13-24)21(19)29-7-9-30(10-8-29)22-26-27-28-31(22)18-5-3-2-4-6-18/h2-6,11-12,14H,7-10H2,1H3. The summed E-state index contributed by atoms with van der Waals surface area (Å²) in [6, 6.07) is 14.9. The second-order valence-electron chi connectivity index (χ2n) is 7.45. The zero-order valence-corrected chi connectivity index (χ0v) is 16.9. The Morgan fingerprint density at radius 1 is 1.03 bits per heavy atom. The highest BCUT2D eigenvalue weighted by Gasteiger charge is 2.25. The molecule has 1 fully saturated rings. The monoisotopic (exact) mass is 414 g/mol. The molecule has 9 heteroatoms. The fourth-order valence-corrected chi connectivity index (χ4v) is 4.09. The van der Waals surface area contributed by atoms with Crippen LogP contribution in [0.15, 0.2) is 48.7 Å². The van der Waals surface area contributed by atoms with Gasteiger partial charge in [-0.1, -0.05) is 23.3 Å². The smallest absolute Gasteiger partial charge is 0.250 e. The number of nitrogens with zero attached hydrogens (tertiary/aromatic N) is 8. The summed E-state index contributed by atoms with van der Waals surface area (Å²) < 4.78 is 15.9. The van der Waals surface area contributed by atoms with Crippen LogP contribution in [0.1, 0.15) is 11.1 Å². The largest absolute Gasteiger partial charge is 0.366 e. The van der Waals surface area contributed by atoms with Crippen LogP contribution in [0.5, 0.6) is 0 Å². The zero-order valence-electron chi connectivity index (χ0n) is 16.9. The number of aromatic nitrogens is 5. The molecule has 4 aromatic rings. The van der Waals surface area contributed by atoms with E-state index in [1.54, 1.807) is 10.9 Å². The van der Waals surface area contributed by atoms with Crippen molar-refractivity contribution in [1.29, 1.82) is 5.26 Å². The number of piperazine rings is 1. The number of tetrazole rings is 1. The summed E-state index contributed by atoms with van der Waals surface area (Å²) in [5, 5.41) is 22.5. The van der Waals surface area contributed by atoms with Crippen LogP contribution in [0.3, 0.4) is 0 Å². The third-order valence-electron chi connectivity index (χ3n) is 5.55. The number of anilines is 2. The van der Waals surface area contributed by atoms with E-state index in [0.29, 0.717) is 48.6 Å². The summed E-state index contributed by atoms with van der Waals surface area (Å²) >= 11 is 0. The number of rotatable bonds is 3. The van der Waals surface area contributed by atoms with E-state index in [4.69, 9.17) is 0 Å². The van der Waals surface area contributed by atoms with Gasteiger partial charge in [0.1, 0.15) is 11.9 Å². The van der Waals surface area contributed by atoms with Gasteiger partial charge in [0.05, 0.1) is 22.5 Å². The van der Waals surface area contributed by atoms with Crippen molar-refractivity contribution < 1.29 is 4.39 Å². The zero-order chi connectivity index (χ0) is 21.4. The Hall–Kier alpha value is -4.06. The van der Waals surface area contributed by atoms with E-state index in [1.807, 2.05) is 37.3 Å². The maximum absolute atomic E-state index is 14.2. The third-order valence-corrected chi connectivity index (χ3v) is 5.55. The summed E-state index contributed by atoms with van der Waals surface area (Å²) in [4.78, 5) is 8.63. The molecule has 154 valence electrons. The van der Waals surface area contributed by atoms with Crippen molar-refractivity contribution in [3.63, 3.8) is 0 Å². The molecule has 0 spiro atoms. The molecule has 0 bridgehead atoms. The fraction of sp³-hybridized carbons (Fsp3) is 0.227. The van der Waals surface area contributed by atoms with Crippen molar-refractivity contribution in [1.82, 2.24) is 25.2 Å².